The van der Waals surface area contributed by atoms with E-state index in [1.807, 2.05) is 19.1 Å². The fraction of sp³-hybridized carbons (Fsp3) is 0.294. The number of anilines is 1. The highest BCUT2D eigenvalue weighted by atomic mass is 32.2. The summed E-state index contributed by atoms with van der Waals surface area (Å²) in [5.41, 5.74) is 1.41. The van der Waals surface area contributed by atoms with Crippen molar-refractivity contribution in [2.45, 2.75) is 42.0 Å². The van der Waals surface area contributed by atoms with Crippen LogP contribution in [0.3, 0.4) is 0 Å². The molecule has 1 fully saturated rings. The number of nitrogens with one attached hydrogen (secondary N) is 2. The first-order valence-electron chi connectivity index (χ1n) is 8.05. The second-order valence-corrected chi connectivity index (χ2v) is 9.38. The Morgan fingerprint density at radius 1 is 0.880 bits per heavy atom. The van der Waals surface area contributed by atoms with Crippen molar-refractivity contribution in [2.75, 3.05) is 4.72 Å². The van der Waals surface area contributed by atoms with Crippen molar-refractivity contribution in [2.24, 2.45) is 0 Å². The predicted octanol–water partition coefficient (Wildman–Crippen LogP) is 2.49. The second-order valence-electron chi connectivity index (χ2n) is 5.98. The summed E-state index contributed by atoms with van der Waals surface area (Å²) < 4.78 is 54.5. The van der Waals surface area contributed by atoms with Crippen LogP contribution in [0.4, 0.5) is 5.69 Å². The summed E-state index contributed by atoms with van der Waals surface area (Å²) >= 11 is 0. The molecule has 0 spiro atoms. The summed E-state index contributed by atoms with van der Waals surface area (Å²) in [5.74, 6) is 0. The van der Waals surface area contributed by atoms with Crippen LogP contribution >= 0.6 is 0 Å². The highest BCUT2D eigenvalue weighted by Crippen LogP contribution is 2.24. The average molecular weight is 380 g/mol. The number of rotatable bonds is 7. The van der Waals surface area contributed by atoms with Crippen molar-refractivity contribution in [3.63, 3.8) is 0 Å². The lowest BCUT2D eigenvalue weighted by molar-refractivity contribution is 0.580. The van der Waals surface area contributed by atoms with Crippen LogP contribution in [0.25, 0.3) is 0 Å². The molecule has 0 saturated heterocycles. The first kappa shape index (κ1) is 17.9. The molecule has 134 valence electrons. The van der Waals surface area contributed by atoms with Crippen molar-refractivity contribution in [1.29, 1.82) is 0 Å². The fourth-order valence-electron chi connectivity index (χ4n) is 2.42. The van der Waals surface area contributed by atoms with E-state index in [-0.39, 0.29) is 15.8 Å². The van der Waals surface area contributed by atoms with Gasteiger partial charge in [0, 0.05) is 6.04 Å². The van der Waals surface area contributed by atoms with Gasteiger partial charge in [-0.15, -0.1) is 0 Å². The molecule has 0 heterocycles. The molecule has 8 heteroatoms. The van der Waals surface area contributed by atoms with Crippen LogP contribution in [0.15, 0.2) is 58.3 Å². The second kappa shape index (κ2) is 6.78. The van der Waals surface area contributed by atoms with E-state index in [0.29, 0.717) is 12.1 Å². The van der Waals surface area contributed by atoms with Gasteiger partial charge in [-0.25, -0.2) is 21.6 Å². The van der Waals surface area contributed by atoms with E-state index < -0.39 is 20.0 Å². The molecule has 1 aliphatic carbocycles. The van der Waals surface area contributed by atoms with Crippen LogP contribution in [-0.4, -0.2) is 22.9 Å². The molecule has 0 radical (unpaired) electrons. The molecule has 2 aromatic carbocycles. The maximum Gasteiger partial charge on any atom is 0.261 e. The topological polar surface area (TPSA) is 92.3 Å². The zero-order valence-electron chi connectivity index (χ0n) is 13.8. The average Bonchev–Trinajstić information content (AvgIpc) is 3.38. The Bertz CT molecular complexity index is 964. The zero-order valence-corrected chi connectivity index (χ0v) is 15.4. The SMILES string of the molecule is CCc1ccccc1NS(=O)(=O)c1ccc(S(=O)(=O)NC2CC2)cc1. The number of hydrogen-bond donors (Lipinski definition) is 2. The van der Waals surface area contributed by atoms with Gasteiger partial charge in [-0.3, -0.25) is 4.72 Å². The molecule has 0 amide bonds. The Morgan fingerprint density at radius 3 is 2.00 bits per heavy atom. The number of para-hydroxylation sites is 1. The predicted molar refractivity (Wildman–Crippen MR) is 96.4 cm³/mol. The van der Waals surface area contributed by atoms with Crippen LogP contribution in [0, 0.1) is 0 Å². The smallest absolute Gasteiger partial charge is 0.261 e. The fourth-order valence-corrected chi connectivity index (χ4v) is 4.82. The molecule has 0 unspecified atom stereocenters. The summed E-state index contributed by atoms with van der Waals surface area (Å²) in [6.45, 7) is 1.94. The third-order valence-electron chi connectivity index (χ3n) is 3.99. The maximum absolute atomic E-state index is 12.5. The first-order valence-corrected chi connectivity index (χ1v) is 11.0. The van der Waals surface area contributed by atoms with Gasteiger partial charge in [-0.1, -0.05) is 25.1 Å². The van der Waals surface area contributed by atoms with Gasteiger partial charge >= 0.3 is 0 Å². The number of hydrogen-bond acceptors (Lipinski definition) is 4. The molecular formula is C17H20N2O4S2. The summed E-state index contributed by atoms with van der Waals surface area (Å²) in [5, 5.41) is 0. The summed E-state index contributed by atoms with van der Waals surface area (Å²) in [6.07, 6.45) is 2.38. The molecule has 3 rings (SSSR count). The highest BCUT2D eigenvalue weighted by molar-refractivity contribution is 7.92. The molecule has 0 aliphatic heterocycles. The van der Waals surface area contributed by atoms with Gasteiger partial charge in [0.25, 0.3) is 10.0 Å². The van der Waals surface area contributed by atoms with Gasteiger partial charge in [0.1, 0.15) is 0 Å². The number of benzene rings is 2. The third kappa shape index (κ3) is 4.20. The monoisotopic (exact) mass is 380 g/mol. The molecule has 0 aromatic heterocycles. The Morgan fingerprint density at radius 2 is 1.44 bits per heavy atom. The number of aryl methyl sites for hydroxylation is 1. The molecule has 6 nitrogen and oxygen atoms in total. The summed E-state index contributed by atoms with van der Waals surface area (Å²) in [6, 6.07) is 12.4. The van der Waals surface area contributed by atoms with Crippen LogP contribution < -0.4 is 9.44 Å². The molecule has 2 N–H and O–H groups in total. The highest BCUT2D eigenvalue weighted by Gasteiger charge is 2.28. The molecule has 1 aliphatic rings. The van der Waals surface area contributed by atoms with E-state index >= 15 is 0 Å². The van der Waals surface area contributed by atoms with Gasteiger partial charge in [-0.2, -0.15) is 0 Å². The third-order valence-corrected chi connectivity index (χ3v) is 6.90. The largest absolute Gasteiger partial charge is 0.279 e. The van der Waals surface area contributed by atoms with E-state index in [0.717, 1.165) is 18.4 Å². The molecule has 25 heavy (non-hydrogen) atoms. The Balaban J connectivity index is 1.83. The standard InChI is InChI=1S/C17H20N2O4S2/c1-2-13-5-3-4-6-17(13)19-25(22,23)16-11-9-15(10-12-16)24(20,21)18-14-7-8-14/h3-6,9-12,14,18-19H,2,7-8H2,1H3. The van der Waals surface area contributed by atoms with Crippen molar-refractivity contribution in [3.05, 3.63) is 54.1 Å². The van der Waals surface area contributed by atoms with Gasteiger partial charge in [0.05, 0.1) is 15.5 Å². The number of sulfonamides is 2. The maximum atomic E-state index is 12.5. The quantitative estimate of drug-likeness (QED) is 0.772. The normalized spacial score (nSPS) is 15.1. The van der Waals surface area contributed by atoms with Crippen molar-refractivity contribution >= 4 is 25.7 Å². The Labute approximate surface area is 148 Å². The summed E-state index contributed by atoms with van der Waals surface area (Å²) in [4.78, 5) is 0.0797. The minimum Gasteiger partial charge on any atom is -0.279 e. The van der Waals surface area contributed by atoms with Gasteiger partial charge < -0.3 is 0 Å². The Hall–Kier alpha value is -1.90. The van der Waals surface area contributed by atoms with Gasteiger partial charge in [-0.05, 0) is 55.2 Å². The molecule has 1 saturated carbocycles. The summed E-state index contributed by atoms with van der Waals surface area (Å²) in [7, 11) is -7.38. The first-order chi connectivity index (χ1) is 11.8. The van der Waals surface area contributed by atoms with Gasteiger partial charge in [0.15, 0.2) is 0 Å². The Kier molecular flexibility index (Phi) is 4.86. The van der Waals surface area contributed by atoms with E-state index in [1.54, 1.807) is 12.1 Å². The minimum absolute atomic E-state index is 0.000575. The molecule has 0 atom stereocenters. The van der Waals surface area contributed by atoms with E-state index in [4.69, 9.17) is 0 Å². The van der Waals surface area contributed by atoms with Crippen molar-refractivity contribution in [1.82, 2.24) is 4.72 Å². The van der Waals surface area contributed by atoms with Crippen molar-refractivity contribution in [3.8, 4) is 0 Å². The van der Waals surface area contributed by atoms with Crippen LogP contribution in [-0.2, 0) is 26.5 Å². The molecular weight excluding hydrogens is 360 g/mol. The van der Waals surface area contributed by atoms with Gasteiger partial charge in [0.2, 0.25) is 10.0 Å². The molecule has 2 aromatic rings. The zero-order chi connectivity index (χ0) is 18.1. The lowest BCUT2D eigenvalue weighted by atomic mass is 10.1. The van der Waals surface area contributed by atoms with E-state index in [1.165, 1.54) is 24.3 Å². The lowest BCUT2D eigenvalue weighted by Gasteiger charge is -2.12. The van der Waals surface area contributed by atoms with Crippen LogP contribution in [0.1, 0.15) is 25.3 Å². The molecule has 0 bridgehead atoms. The van der Waals surface area contributed by atoms with E-state index in [9.17, 15) is 16.8 Å². The minimum atomic E-state index is -3.78. The lowest BCUT2D eigenvalue weighted by Crippen LogP contribution is -2.25. The van der Waals surface area contributed by atoms with E-state index in [2.05, 4.69) is 9.44 Å². The van der Waals surface area contributed by atoms with Crippen LogP contribution in [0.5, 0.6) is 0 Å². The van der Waals surface area contributed by atoms with Crippen molar-refractivity contribution < 1.29 is 16.8 Å². The van der Waals surface area contributed by atoms with Crippen LogP contribution in [0.2, 0.25) is 0 Å².